The number of benzene rings is 1. The van der Waals surface area contributed by atoms with E-state index in [9.17, 15) is 0 Å². The number of hydrogen-bond donors (Lipinski definition) is 1. The number of thiophene rings is 1. The van der Waals surface area contributed by atoms with Crippen LogP contribution in [0.2, 0.25) is 5.02 Å². The summed E-state index contributed by atoms with van der Waals surface area (Å²) in [6.45, 7) is 0. The molecule has 0 spiro atoms. The summed E-state index contributed by atoms with van der Waals surface area (Å²) in [7, 11) is 0. The minimum absolute atomic E-state index is 0.388. The summed E-state index contributed by atoms with van der Waals surface area (Å²) in [5.74, 6) is 1.06. The highest BCUT2D eigenvalue weighted by atomic mass is 35.5. The highest BCUT2D eigenvalue weighted by molar-refractivity contribution is 7.22. The van der Waals surface area contributed by atoms with Crippen LogP contribution in [0.3, 0.4) is 0 Å². The van der Waals surface area contributed by atoms with Gasteiger partial charge in [0.25, 0.3) is 0 Å². The molecular weight excluding hydrogens is 244 g/mol. The zero-order valence-electron chi connectivity index (χ0n) is 8.11. The molecule has 16 heavy (non-hydrogen) atoms. The third-order valence-electron chi connectivity index (χ3n) is 2.27. The standard InChI is InChI=1S/C11H7ClN2OS/c12-7-3-1-2-6-4-9(16-11(6)7)8-5-10(13)14-15-8/h1-5H,(H2,13,14). The van der Waals surface area contributed by atoms with Gasteiger partial charge in [-0.3, -0.25) is 0 Å². The Morgan fingerprint density at radius 3 is 2.88 bits per heavy atom. The Bertz CT molecular complexity index is 659. The summed E-state index contributed by atoms with van der Waals surface area (Å²) in [4.78, 5) is 0.979. The van der Waals surface area contributed by atoms with E-state index in [4.69, 9.17) is 21.9 Å². The van der Waals surface area contributed by atoms with E-state index in [1.165, 1.54) is 0 Å². The number of halogens is 1. The second-order valence-corrected chi connectivity index (χ2v) is 4.84. The Kier molecular flexibility index (Phi) is 2.12. The number of nitrogens with zero attached hydrogens (tertiary/aromatic N) is 1. The lowest BCUT2D eigenvalue weighted by Gasteiger charge is -1.89. The minimum atomic E-state index is 0.388. The molecule has 2 heterocycles. The zero-order valence-corrected chi connectivity index (χ0v) is 9.68. The first-order valence-electron chi connectivity index (χ1n) is 4.64. The van der Waals surface area contributed by atoms with Crippen molar-refractivity contribution in [1.82, 2.24) is 5.16 Å². The van der Waals surface area contributed by atoms with Gasteiger partial charge in [-0.15, -0.1) is 11.3 Å². The fraction of sp³-hybridized carbons (Fsp3) is 0. The van der Waals surface area contributed by atoms with Gasteiger partial charge in [-0.1, -0.05) is 28.9 Å². The molecule has 0 aliphatic carbocycles. The van der Waals surface area contributed by atoms with Crippen LogP contribution in [-0.2, 0) is 0 Å². The monoisotopic (exact) mass is 250 g/mol. The van der Waals surface area contributed by atoms with Crippen LogP contribution in [0.25, 0.3) is 20.7 Å². The smallest absolute Gasteiger partial charge is 0.179 e. The molecule has 1 aromatic carbocycles. The van der Waals surface area contributed by atoms with E-state index in [0.717, 1.165) is 20.0 Å². The van der Waals surface area contributed by atoms with Crippen LogP contribution < -0.4 is 5.73 Å². The largest absolute Gasteiger partial charge is 0.381 e. The fourth-order valence-corrected chi connectivity index (χ4v) is 2.86. The molecule has 3 aromatic rings. The lowest BCUT2D eigenvalue weighted by atomic mass is 10.2. The van der Waals surface area contributed by atoms with Crippen LogP contribution in [0.15, 0.2) is 34.9 Å². The Labute approximate surface area is 100 Å². The fourth-order valence-electron chi connectivity index (χ4n) is 1.55. The summed E-state index contributed by atoms with van der Waals surface area (Å²) >= 11 is 7.67. The third-order valence-corrected chi connectivity index (χ3v) is 3.89. The second-order valence-electron chi connectivity index (χ2n) is 3.38. The quantitative estimate of drug-likeness (QED) is 0.715. The first-order valence-corrected chi connectivity index (χ1v) is 5.84. The lowest BCUT2D eigenvalue weighted by molar-refractivity contribution is 0.436. The molecule has 80 valence electrons. The van der Waals surface area contributed by atoms with Crippen LogP contribution >= 0.6 is 22.9 Å². The maximum Gasteiger partial charge on any atom is 0.179 e. The maximum absolute atomic E-state index is 6.10. The molecule has 0 bridgehead atoms. The lowest BCUT2D eigenvalue weighted by Crippen LogP contribution is -1.79. The number of fused-ring (bicyclic) bond motifs is 1. The van der Waals surface area contributed by atoms with Crippen LogP contribution in [-0.4, -0.2) is 5.16 Å². The summed E-state index contributed by atoms with van der Waals surface area (Å²) in [5.41, 5.74) is 5.51. The van der Waals surface area contributed by atoms with Crippen LogP contribution in [0.4, 0.5) is 5.82 Å². The molecule has 0 aliphatic heterocycles. The molecule has 0 radical (unpaired) electrons. The predicted molar refractivity (Wildman–Crippen MR) is 66.7 cm³/mol. The van der Waals surface area contributed by atoms with Gasteiger partial charge in [-0.2, -0.15) is 0 Å². The van der Waals surface area contributed by atoms with E-state index in [1.807, 2.05) is 24.3 Å². The number of nitrogen functional groups attached to an aromatic ring is 1. The predicted octanol–water partition coefficient (Wildman–Crippen LogP) is 3.79. The number of hydrogen-bond acceptors (Lipinski definition) is 4. The molecule has 0 amide bonds. The average molecular weight is 251 g/mol. The summed E-state index contributed by atoms with van der Waals surface area (Å²) in [5, 5.41) is 5.51. The summed E-state index contributed by atoms with van der Waals surface area (Å²) in [6, 6.07) is 9.54. The zero-order chi connectivity index (χ0) is 11.1. The van der Waals surface area contributed by atoms with Crippen molar-refractivity contribution < 1.29 is 4.52 Å². The molecule has 3 nitrogen and oxygen atoms in total. The summed E-state index contributed by atoms with van der Waals surface area (Å²) in [6.07, 6.45) is 0. The molecule has 0 unspecified atom stereocenters. The van der Waals surface area contributed by atoms with Gasteiger partial charge in [0.05, 0.1) is 14.6 Å². The van der Waals surface area contributed by atoms with Gasteiger partial charge < -0.3 is 10.3 Å². The van der Waals surface area contributed by atoms with Gasteiger partial charge in [0.1, 0.15) is 0 Å². The number of rotatable bonds is 1. The minimum Gasteiger partial charge on any atom is -0.381 e. The first kappa shape index (κ1) is 9.69. The van der Waals surface area contributed by atoms with Crippen molar-refractivity contribution in [1.29, 1.82) is 0 Å². The Morgan fingerprint density at radius 2 is 2.19 bits per heavy atom. The van der Waals surface area contributed by atoms with Gasteiger partial charge in [0, 0.05) is 6.07 Å². The van der Waals surface area contributed by atoms with Gasteiger partial charge in [0.2, 0.25) is 0 Å². The van der Waals surface area contributed by atoms with Crippen molar-refractivity contribution in [3.8, 4) is 10.6 Å². The molecule has 0 fully saturated rings. The van der Waals surface area contributed by atoms with Gasteiger partial charge in [0.15, 0.2) is 11.6 Å². The van der Waals surface area contributed by atoms with Crippen molar-refractivity contribution in [3.05, 3.63) is 35.4 Å². The molecule has 5 heteroatoms. The topological polar surface area (TPSA) is 52.0 Å². The molecule has 0 aliphatic rings. The Balaban J connectivity index is 2.22. The maximum atomic E-state index is 6.10. The molecular formula is C11H7ClN2OS. The number of aromatic nitrogens is 1. The van der Waals surface area contributed by atoms with Crippen molar-refractivity contribution >= 4 is 38.8 Å². The second kappa shape index (κ2) is 3.50. The van der Waals surface area contributed by atoms with E-state index in [0.29, 0.717) is 11.6 Å². The number of nitrogens with two attached hydrogens (primary N) is 1. The van der Waals surface area contributed by atoms with Crippen LogP contribution in [0.5, 0.6) is 0 Å². The highest BCUT2D eigenvalue weighted by Crippen LogP contribution is 2.37. The molecule has 2 aromatic heterocycles. The Morgan fingerprint density at radius 1 is 1.31 bits per heavy atom. The van der Waals surface area contributed by atoms with Gasteiger partial charge in [-0.05, 0) is 17.5 Å². The molecule has 0 atom stereocenters. The van der Waals surface area contributed by atoms with Crippen molar-refractivity contribution in [2.45, 2.75) is 0 Å². The third kappa shape index (κ3) is 1.47. The van der Waals surface area contributed by atoms with Crippen LogP contribution in [0.1, 0.15) is 0 Å². The average Bonchev–Trinajstić information content (AvgIpc) is 2.84. The van der Waals surface area contributed by atoms with Crippen molar-refractivity contribution in [2.75, 3.05) is 5.73 Å². The SMILES string of the molecule is Nc1cc(-c2cc3cccc(Cl)c3s2)on1. The van der Waals surface area contributed by atoms with Gasteiger partial charge >= 0.3 is 0 Å². The first-order chi connectivity index (χ1) is 7.74. The van der Waals surface area contributed by atoms with E-state index in [-0.39, 0.29) is 0 Å². The van der Waals surface area contributed by atoms with Crippen molar-refractivity contribution in [2.24, 2.45) is 0 Å². The normalized spacial score (nSPS) is 11.1. The van der Waals surface area contributed by atoms with Crippen molar-refractivity contribution in [3.63, 3.8) is 0 Å². The molecule has 2 N–H and O–H groups in total. The van der Waals surface area contributed by atoms with Crippen LogP contribution in [0, 0.1) is 0 Å². The highest BCUT2D eigenvalue weighted by Gasteiger charge is 2.10. The van der Waals surface area contributed by atoms with E-state index >= 15 is 0 Å². The van der Waals surface area contributed by atoms with Gasteiger partial charge in [-0.25, -0.2) is 0 Å². The molecule has 0 saturated heterocycles. The molecule has 3 rings (SSSR count). The molecule has 0 saturated carbocycles. The number of anilines is 1. The van der Waals surface area contributed by atoms with E-state index in [1.54, 1.807) is 17.4 Å². The van der Waals surface area contributed by atoms with E-state index in [2.05, 4.69) is 5.16 Å². The summed E-state index contributed by atoms with van der Waals surface area (Å²) < 4.78 is 6.16. The Hall–Kier alpha value is -1.52. The van der Waals surface area contributed by atoms with E-state index < -0.39 is 0 Å².